The zero-order chi connectivity index (χ0) is 17.9. The van der Waals surface area contributed by atoms with E-state index < -0.39 is 16.0 Å². The standard InChI is InChI=1S/C18H18N2O4S/c1-2-24-18(21)12-17-19-15-10-6-7-11-16(15)25(22,23)20(17)13-14-8-4-3-5-9-14/h3-11H,2,12-13H2,1H3. The topological polar surface area (TPSA) is 76.0 Å². The Kier molecular flexibility index (Phi) is 4.85. The number of hydrogen-bond donors (Lipinski definition) is 0. The third-order valence-electron chi connectivity index (χ3n) is 3.75. The highest BCUT2D eigenvalue weighted by molar-refractivity contribution is 7.90. The first kappa shape index (κ1) is 17.2. The largest absolute Gasteiger partial charge is 0.466 e. The highest BCUT2D eigenvalue weighted by atomic mass is 32.2. The van der Waals surface area contributed by atoms with Gasteiger partial charge < -0.3 is 4.74 Å². The summed E-state index contributed by atoms with van der Waals surface area (Å²) in [4.78, 5) is 16.4. The summed E-state index contributed by atoms with van der Waals surface area (Å²) in [5.74, 6) is -0.338. The second kappa shape index (κ2) is 7.06. The average molecular weight is 358 g/mol. The predicted molar refractivity (Wildman–Crippen MR) is 94.0 cm³/mol. The van der Waals surface area contributed by atoms with Gasteiger partial charge in [-0.05, 0) is 24.6 Å². The molecule has 0 fully saturated rings. The number of sulfonamides is 1. The summed E-state index contributed by atoms with van der Waals surface area (Å²) >= 11 is 0. The lowest BCUT2D eigenvalue weighted by atomic mass is 10.2. The van der Waals surface area contributed by atoms with E-state index >= 15 is 0 Å². The van der Waals surface area contributed by atoms with E-state index in [0.717, 1.165) is 5.56 Å². The van der Waals surface area contributed by atoms with Crippen molar-refractivity contribution < 1.29 is 17.9 Å². The van der Waals surface area contributed by atoms with Gasteiger partial charge in [0.1, 0.15) is 17.2 Å². The molecule has 7 heteroatoms. The van der Waals surface area contributed by atoms with E-state index in [-0.39, 0.29) is 30.3 Å². The van der Waals surface area contributed by atoms with Crippen LogP contribution in [0.1, 0.15) is 18.9 Å². The molecule has 6 nitrogen and oxygen atoms in total. The van der Waals surface area contributed by atoms with Crippen molar-refractivity contribution in [2.75, 3.05) is 6.61 Å². The molecule has 25 heavy (non-hydrogen) atoms. The summed E-state index contributed by atoms with van der Waals surface area (Å²) in [5.41, 5.74) is 1.15. The molecule has 1 aliphatic heterocycles. The summed E-state index contributed by atoms with van der Waals surface area (Å²) < 4.78 is 32.2. The van der Waals surface area contributed by atoms with E-state index in [1.54, 1.807) is 25.1 Å². The van der Waals surface area contributed by atoms with Crippen molar-refractivity contribution in [3.05, 3.63) is 60.2 Å². The summed E-state index contributed by atoms with van der Waals surface area (Å²) in [7, 11) is -3.80. The third-order valence-corrected chi connectivity index (χ3v) is 5.57. The van der Waals surface area contributed by atoms with Gasteiger partial charge in [0, 0.05) is 0 Å². The number of nitrogens with zero attached hydrogens (tertiary/aromatic N) is 2. The first-order chi connectivity index (χ1) is 12.0. The summed E-state index contributed by atoms with van der Waals surface area (Å²) in [6.45, 7) is 2.04. The number of hydrogen-bond acceptors (Lipinski definition) is 5. The van der Waals surface area contributed by atoms with Crippen LogP contribution in [0.5, 0.6) is 0 Å². The Hall–Kier alpha value is -2.67. The fraction of sp³-hybridized carbons (Fsp3) is 0.222. The highest BCUT2D eigenvalue weighted by Gasteiger charge is 2.34. The molecule has 0 amide bonds. The van der Waals surface area contributed by atoms with E-state index in [1.807, 2.05) is 30.3 Å². The van der Waals surface area contributed by atoms with Gasteiger partial charge in [0.2, 0.25) is 0 Å². The van der Waals surface area contributed by atoms with Gasteiger partial charge >= 0.3 is 5.97 Å². The summed E-state index contributed by atoms with van der Waals surface area (Å²) in [6, 6.07) is 15.7. The Morgan fingerprint density at radius 2 is 1.76 bits per heavy atom. The van der Waals surface area contributed by atoms with E-state index in [9.17, 15) is 13.2 Å². The van der Waals surface area contributed by atoms with Crippen LogP contribution in [0.15, 0.2) is 64.5 Å². The number of carbonyl (C=O) groups excluding carboxylic acids is 1. The third kappa shape index (κ3) is 3.56. The van der Waals surface area contributed by atoms with Gasteiger partial charge in [-0.15, -0.1) is 0 Å². The minimum absolute atomic E-state index is 0.107. The fourth-order valence-corrected chi connectivity index (χ4v) is 4.18. The minimum Gasteiger partial charge on any atom is -0.466 e. The van der Waals surface area contributed by atoms with Gasteiger partial charge in [0.15, 0.2) is 0 Å². The van der Waals surface area contributed by atoms with Crippen molar-refractivity contribution in [1.82, 2.24) is 4.31 Å². The highest BCUT2D eigenvalue weighted by Crippen LogP contribution is 2.33. The van der Waals surface area contributed by atoms with Gasteiger partial charge in [0.25, 0.3) is 10.0 Å². The molecule has 0 atom stereocenters. The average Bonchev–Trinajstić information content (AvgIpc) is 2.59. The van der Waals surface area contributed by atoms with Crippen molar-refractivity contribution >= 4 is 27.5 Å². The zero-order valence-corrected chi connectivity index (χ0v) is 14.6. The lowest BCUT2D eigenvalue weighted by Gasteiger charge is -2.29. The summed E-state index contributed by atoms with van der Waals surface area (Å²) in [6.07, 6.45) is -0.200. The minimum atomic E-state index is -3.80. The molecule has 1 aliphatic rings. The first-order valence-corrected chi connectivity index (χ1v) is 9.35. The van der Waals surface area contributed by atoms with Crippen LogP contribution in [-0.4, -0.2) is 31.1 Å². The van der Waals surface area contributed by atoms with Crippen molar-refractivity contribution in [3.63, 3.8) is 0 Å². The molecule has 0 saturated heterocycles. The van der Waals surface area contributed by atoms with Crippen LogP contribution in [0.4, 0.5) is 5.69 Å². The fourth-order valence-electron chi connectivity index (χ4n) is 2.61. The molecule has 3 rings (SSSR count). The van der Waals surface area contributed by atoms with E-state index in [1.165, 1.54) is 10.4 Å². The molecule has 0 aliphatic carbocycles. The Labute approximate surface area is 146 Å². The van der Waals surface area contributed by atoms with Crippen molar-refractivity contribution in [2.24, 2.45) is 4.99 Å². The smallest absolute Gasteiger partial charge is 0.313 e. The molecule has 0 N–H and O–H groups in total. The molecule has 0 spiro atoms. The number of fused-ring (bicyclic) bond motifs is 1. The molecule has 2 aromatic carbocycles. The number of ether oxygens (including phenoxy) is 1. The second-order valence-corrected chi connectivity index (χ2v) is 7.31. The Balaban J connectivity index is 2.03. The van der Waals surface area contributed by atoms with E-state index in [4.69, 9.17) is 4.74 Å². The second-order valence-electron chi connectivity index (χ2n) is 5.47. The number of aliphatic imine (C=N–C) groups is 1. The van der Waals surface area contributed by atoms with Gasteiger partial charge in [0.05, 0.1) is 18.8 Å². The lowest BCUT2D eigenvalue weighted by molar-refractivity contribution is -0.141. The van der Waals surface area contributed by atoms with Crippen molar-refractivity contribution in [1.29, 1.82) is 0 Å². The predicted octanol–water partition coefficient (Wildman–Crippen LogP) is 2.87. The monoisotopic (exact) mass is 358 g/mol. The molecule has 130 valence electrons. The normalized spacial score (nSPS) is 15.2. The molecule has 2 aromatic rings. The number of esters is 1. The number of rotatable bonds is 5. The van der Waals surface area contributed by atoms with Crippen molar-refractivity contribution in [3.8, 4) is 0 Å². The Bertz CT molecular complexity index is 908. The lowest BCUT2D eigenvalue weighted by Crippen LogP contribution is -2.39. The van der Waals surface area contributed by atoms with Crippen LogP contribution in [-0.2, 0) is 26.1 Å². The van der Waals surface area contributed by atoms with Gasteiger partial charge in [-0.3, -0.25) is 4.79 Å². The quantitative estimate of drug-likeness (QED) is 0.770. The van der Waals surface area contributed by atoms with Crippen LogP contribution < -0.4 is 0 Å². The Morgan fingerprint density at radius 1 is 1.08 bits per heavy atom. The molecule has 0 unspecified atom stereocenters. The number of benzene rings is 2. The zero-order valence-electron chi connectivity index (χ0n) is 13.8. The van der Waals surface area contributed by atoms with Crippen LogP contribution in [0, 0.1) is 0 Å². The maximum atomic E-state index is 13.1. The summed E-state index contributed by atoms with van der Waals surface area (Å²) in [5, 5.41) is 0. The van der Waals surface area contributed by atoms with Gasteiger partial charge in [-0.1, -0.05) is 42.5 Å². The van der Waals surface area contributed by atoms with Crippen LogP contribution >= 0.6 is 0 Å². The molecule has 0 radical (unpaired) electrons. The van der Waals surface area contributed by atoms with Gasteiger partial charge in [-0.25, -0.2) is 17.7 Å². The van der Waals surface area contributed by atoms with E-state index in [0.29, 0.717) is 5.69 Å². The van der Waals surface area contributed by atoms with Crippen molar-refractivity contribution in [2.45, 2.75) is 24.8 Å². The van der Waals surface area contributed by atoms with Gasteiger partial charge in [-0.2, -0.15) is 0 Å². The molecular weight excluding hydrogens is 340 g/mol. The molecule has 0 saturated carbocycles. The molecule has 0 bridgehead atoms. The molecule has 0 aromatic heterocycles. The van der Waals surface area contributed by atoms with E-state index in [2.05, 4.69) is 4.99 Å². The number of carbonyl (C=O) groups is 1. The SMILES string of the molecule is CCOC(=O)CC1=Nc2ccccc2S(=O)(=O)N1Cc1ccccc1. The first-order valence-electron chi connectivity index (χ1n) is 7.91. The number of para-hydroxylation sites is 1. The van der Waals surface area contributed by atoms with Crippen LogP contribution in [0.2, 0.25) is 0 Å². The Morgan fingerprint density at radius 3 is 2.48 bits per heavy atom. The number of amidine groups is 1. The molecular formula is C18H18N2O4S. The maximum absolute atomic E-state index is 13.1. The van der Waals surface area contributed by atoms with Crippen LogP contribution in [0.3, 0.4) is 0 Å². The van der Waals surface area contributed by atoms with Crippen LogP contribution in [0.25, 0.3) is 0 Å². The molecule has 1 heterocycles. The maximum Gasteiger partial charge on any atom is 0.313 e.